The van der Waals surface area contributed by atoms with E-state index in [4.69, 9.17) is 11.6 Å². The van der Waals surface area contributed by atoms with Gasteiger partial charge in [-0.25, -0.2) is 9.97 Å². The molecule has 1 N–H and O–H groups in total. The van der Waals surface area contributed by atoms with E-state index in [9.17, 15) is 0 Å². The first-order chi connectivity index (χ1) is 8.28. The highest BCUT2D eigenvalue weighted by molar-refractivity contribution is 9.10. The second-order valence-corrected chi connectivity index (χ2v) is 4.71. The first-order valence-corrected chi connectivity index (χ1v) is 6.46. The van der Waals surface area contributed by atoms with Gasteiger partial charge in [-0.1, -0.05) is 24.3 Å². The van der Waals surface area contributed by atoms with Crippen LogP contribution < -0.4 is 5.32 Å². The SMILES string of the molecule is ClCc1cccc(CNc2ncc(Br)cn2)c1. The minimum Gasteiger partial charge on any atom is -0.350 e. The highest BCUT2D eigenvalue weighted by Gasteiger charge is 1.98. The fraction of sp³-hybridized carbons (Fsp3) is 0.167. The Hall–Kier alpha value is -1.13. The number of benzene rings is 1. The smallest absolute Gasteiger partial charge is 0.222 e. The molecule has 5 heteroatoms. The highest BCUT2D eigenvalue weighted by Crippen LogP contribution is 2.10. The number of alkyl halides is 1. The average Bonchev–Trinajstić information content (AvgIpc) is 2.38. The molecule has 0 atom stereocenters. The standard InChI is InChI=1S/C12H11BrClN3/c13-11-7-16-12(17-8-11)15-6-10-3-1-2-9(4-10)5-14/h1-4,7-8H,5-6H2,(H,15,16,17). The molecule has 2 rings (SSSR count). The molecule has 0 spiro atoms. The van der Waals surface area contributed by atoms with E-state index in [1.54, 1.807) is 12.4 Å². The van der Waals surface area contributed by atoms with E-state index in [0.29, 0.717) is 18.4 Å². The molecule has 0 saturated carbocycles. The summed E-state index contributed by atoms with van der Waals surface area (Å²) < 4.78 is 0.868. The fourth-order valence-electron chi connectivity index (χ4n) is 1.41. The Labute approximate surface area is 113 Å². The molecule has 0 aliphatic rings. The van der Waals surface area contributed by atoms with Crippen LogP contribution in [0.25, 0.3) is 0 Å². The summed E-state index contributed by atoms with van der Waals surface area (Å²) in [5.41, 5.74) is 2.28. The van der Waals surface area contributed by atoms with E-state index in [1.807, 2.05) is 18.2 Å². The van der Waals surface area contributed by atoms with Gasteiger partial charge in [0.25, 0.3) is 0 Å². The van der Waals surface area contributed by atoms with Crippen molar-refractivity contribution in [3.63, 3.8) is 0 Å². The molecule has 1 heterocycles. The van der Waals surface area contributed by atoms with E-state index in [-0.39, 0.29) is 0 Å². The highest BCUT2D eigenvalue weighted by atomic mass is 79.9. The van der Waals surface area contributed by atoms with E-state index < -0.39 is 0 Å². The number of rotatable bonds is 4. The maximum absolute atomic E-state index is 5.78. The summed E-state index contributed by atoms with van der Waals surface area (Å²) in [6, 6.07) is 8.12. The molecule has 17 heavy (non-hydrogen) atoms. The maximum Gasteiger partial charge on any atom is 0.222 e. The zero-order valence-electron chi connectivity index (χ0n) is 9.03. The lowest BCUT2D eigenvalue weighted by atomic mass is 10.1. The summed E-state index contributed by atoms with van der Waals surface area (Å²) in [5, 5.41) is 3.15. The van der Waals surface area contributed by atoms with Crippen LogP contribution in [0.3, 0.4) is 0 Å². The van der Waals surface area contributed by atoms with Gasteiger partial charge in [-0.3, -0.25) is 0 Å². The maximum atomic E-state index is 5.78. The molecule has 0 aliphatic carbocycles. The van der Waals surface area contributed by atoms with Crippen molar-refractivity contribution in [2.75, 3.05) is 5.32 Å². The van der Waals surface area contributed by atoms with Gasteiger partial charge < -0.3 is 5.32 Å². The molecule has 2 aromatic rings. The third-order valence-corrected chi connectivity index (χ3v) is 2.93. The van der Waals surface area contributed by atoms with Crippen LogP contribution in [0.1, 0.15) is 11.1 Å². The number of aromatic nitrogens is 2. The van der Waals surface area contributed by atoms with Crippen molar-refractivity contribution in [3.8, 4) is 0 Å². The van der Waals surface area contributed by atoms with Crippen LogP contribution in [0.15, 0.2) is 41.1 Å². The van der Waals surface area contributed by atoms with Gasteiger partial charge in [0.05, 0.1) is 4.47 Å². The van der Waals surface area contributed by atoms with Crippen LogP contribution in [0, 0.1) is 0 Å². The molecule has 88 valence electrons. The Morgan fingerprint density at radius 1 is 1.18 bits per heavy atom. The molecule has 0 unspecified atom stereocenters. The fourth-order valence-corrected chi connectivity index (χ4v) is 1.78. The number of halogens is 2. The summed E-state index contributed by atoms with van der Waals surface area (Å²) in [6.45, 7) is 0.687. The summed E-state index contributed by atoms with van der Waals surface area (Å²) >= 11 is 9.08. The lowest BCUT2D eigenvalue weighted by Gasteiger charge is -2.05. The number of hydrogen-bond donors (Lipinski definition) is 1. The predicted octanol–water partition coefficient (Wildman–Crippen LogP) is 3.59. The number of anilines is 1. The normalized spacial score (nSPS) is 10.2. The molecule has 0 radical (unpaired) electrons. The van der Waals surface area contributed by atoms with Crippen molar-refractivity contribution < 1.29 is 0 Å². The lowest BCUT2D eigenvalue weighted by molar-refractivity contribution is 1.05. The zero-order chi connectivity index (χ0) is 12.1. The second-order valence-electron chi connectivity index (χ2n) is 3.53. The Morgan fingerprint density at radius 3 is 2.59 bits per heavy atom. The largest absolute Gasteiger partial charge is 0.350 e. The van der Waals surface area contributed by atoms with Crippen LogP contribution in [-0.4, -0.2) is 9.97 Å². The molecule has 1 aromatic carbocycles. The van der Waals surface area contributed by atoms with Crippen molar-refractivity contribution >= 4 is 33.5 Å². The first kappa shape index (κ1) is 12.3. The molecule has 0 saturated heterocycles. The van der Waals surface area contributed by atoms with Crippen molar-refractivity contribution in [1.82, 2.24) is 9.97 Å². The molecule has 3 nitrogen and oxygen atoms in total. The van der Waals surface area contributed by atoms with Crippen LogP contribution in [0.5, 0.6) is 0 Å². The van der Waals surface area contributed by atoms with Crippen LogP contribution in [0.4, 0.5) is 5.95 Å². The topological polar surface area (TPSA) is 37.8 Å². The minimum absolute atomic E-state index is 0.530. The quantitative estimate of drug-likeness (QED) is 0.877. The van der Waals surface area contributed by atoms with E-state index in [2.05, 4.69) is 37.3 Å². The molecule has 0 bridgehead atoms. The van der Waals surface area contributed by atoms with Crippen LogP contribution in [0.2, 0.25) is 0 Å². The second kappa shape index (κ2) is 5.98. The number of nitrogens with one attached hydrogen (secondary N) is 1. The van der Waals surface area contributed by atoms with Crippen LogP contribution >= 0.6 is 27.5 Å². The van der Waals surface area contributed by atoms with Crippen molar-refractivity contribution in [1.29, 1.82) is 0 Å². The Kier molecular flexibility index (Phi) is 4.34. The summed E-state index contributed by atoms with van der Waals surface area (Å²) in [6.07, 6.45) is 3.43. The monoisotopic (exact) mass is 311 g/mol. The van der Waals surface area contributed by atoms with Gasteiger partial charge in [-0.05, 0) is 27.1 Å². The van der Waals surface area contributed by atoms with Gasteiger partial charge in [-0.2, -0.15) is 0 Å². The molecule has 0 amide bonds. The number of hydrogen-bond acceptors (Lipinski definition) is 3. The molecular weight excluding hydrogens is 302 g/mol. The first-order valence-electron chi connectivity index (χ1n) is 5.13. The zero-order valence-corrected chi connectivity index (χ0v) is 11.4. The van der Waals surface area contributed by atoms with Crippen molar-refractivity contribution in [3.05, 3.63) is 52.3 Å². The molecule has 0 fully saturated rings. The minimum atomic E-state index is 0.530. The summed E-state index contributed by atoms with van der Waals surface area (Å²) in [7, 11) is 0. The third-order valence-electron chi connectivity index (χ3n) is 2.22. The van der Waals surface area contributed by atoms with Gasteiger partial charge in [0.15, 0.2) is 0 Å². The third kappa shape index (κ3) is 3.68. The Balaban J connectivity index is 1.99. The Morgan fingerprint density at radius 2 is 1.88 bits per heavy atom. The van der Waals surface area contributed by atoms with Gasteiger partial charge >= 0.3 is 0 Å². The van der Waals surface area contributed by atoms with Gasteiger partial charge in [0.1, 0.15) is 0 Å². The Bertz CT molecular complexity index is 487. The van der Waals surface area contributed by atoms with E-state index >= 15 is 0 Å². The van der Waals surface area contributed by atoms with Gasteiger partial charge in [0.2, 0.25) is 5.95 Å². The summed E-state index contributed by atoms with van der Waals surface area (Å²) in [4.78, 5) is 8.28. The molecule has 1 aromatic heterocycles. The van der Waals surface area contributed by atoms with E-state index in [1.165, 1.54) is 0 Å². The number of nitrogens with zero attached hydrogens (tertiary/aromatic N) is 2. The lowest BCUT2D eigenvalue weighted by Crippen LogP contribution is -2.03. The molecular formula is C12H11BrClN3. The summed E-state index contributed by atoms with van der Waals surface area (Å²) in [5.74, 6) is 1.15. The predicted molar refractivity (Wildman–Crippen MR) is 73.1 cm³/mol. The average molecular weight is 313 g/mol. The van der Waals surface area contributed by atoms with Gasteiger partial charge in [-0.15, -0.1) is 11.6 Å². The van der Waals surface area contributed by atoms with Gasteiger partial charge in [0, 0.05) is 24.8 Å². The van der Waals surface area contributed by atoms with Crippen LogP contribution in [-0.2, 0) is 12.4 Å². The van der Waals surface area contributed by atoms with E-state index in [0.717, 1.165) is 15.6 Å². The van der Waals surface area contributed by atoms with Crippen molar-refractivity contribution in [2.45, 2.75) is 12.4 Å². The van der Waals surface area contributed by atoms with Crippen molar-refractivity contribution in [2.24, 2.45) is 0 Å². The molecule has 0 aliphatic heterocycles.